The van der Waals surface area contributed by atoms with Crippen LogP contribution in [0.1, 0.15) is 42.3 Å². The Kier molecular flexibility index (Phi) is 4.38. The number of nitrogens with one attached hydrogen (secondary N) is 1. The summed E-state index contributed by atoms with van der Waals surface area (Å²) in [5, 5.41) is 8.13. The van der Waals surface area contributed by atoms with Crippen molar-refractivity contribution in [3.63, 3.8) is 0 Å². The summed E-state index contributed by atoms with van der Waals surface area (Å²) in [6.45, 7) is 7.38. The first kappa shape index (κ1) is 13.8. The lowest BCUT2D eigenvalue weighted by Gasteiger charge is -2.19. The van der Waals surface area contributed by atoms with Gasteiger partial charge in [-0.2, -0.15) is 5.10 Å². The number of hydrogen-bond donors (Lipinski definition) is 1. The van der Waals surface area contributed by atoms with E-state index in [1.165, 1.54) is 22.4 Å². The summed E-state index contributed by atoms with van der Waals surface area (Å²) in [6.07, 6.45) is 3.10. The van der Waals surface area contributed by atoms with Crippen LogP contribution in [-0.4, -0.2) is 16.3 Å². The minimum absolute atomic E-state index is 0.230. The van der Waals surface area contributed by atoms with Crippen LogP contribution in [0.15, 0.2) is 30.5 Å². The lowest BCUT2D eigenvalue weighted by Crippen LogP contribution is -2.22. The van der Waals surface area contributed by atoms with Gasteiger partial charge in [0, 0.05) is 18.8 Å². The molecule has 0 bridgehead atoms. The molecule has 2 aromatic rings. The minimum atomic E-state index is 0.230. The summed E-state index contributed by atoms with van der Waals surface area (Å²) in [5.74, 6) is 0. The number of rotatable bonds is 5. The van der Waals surface area contributed by atoms with E-state index in [1.807, 2.05) is 11.7 Å². The molecule has 0 aliphatic carbocycles. The summed E-state index contributed by atoms with van der Waals surface area (Å²) < 4.78 is 1.91. The van der Waals surface area contributed by atoms with Gasteiger partial charge in [0.15, 0.2) is 0 Å². The van der Waals surface area contributed by atoms with Crippen LogP contribution in [0.5, 0.6) is 0 Å². The first-order valence-electron chi connectivity index (χ1n) is 6.98. The predicted octanol–water partition coefficient (Wildman–Crippen LogP) is 2.99. The maximum absolute atomic E-state index is 4.56. The van der Waals surface area contributed by atoms with Gasteiger partial charge in [-0.25, -0.2) is 0 Å². The molecule has 1 aromatic heterocycles. The molecule has 1 unspecified atom stereocenters. The van der Waals surface area contributed by atoms with Gasteiger partial charge in [0.2, 0.25) is 0 Å². The highest BCUT2D eigenvalue weighted by molar-refractivity contribution is 5.35. The van der Waals surface area contributed by atoms with Crippen molar-refractivity contribution in [1.82, 2.24) is 15.1 Å². The number of hydrogen-bond acceptors (Lipinski definition) is 2. The van der Waals surface area contributed by atoms with Crippen LogP contribution in [-0.2, 0) is 13.5 Å². The molecule has 0 saturated carbocycles. The fourth-order valence-corrected chi connectivity index (χ4v) is 2.53. The molecule has 0 fully saturated rings. The third-order valence-electron chi connectivity index (χ3n) is 3.37. The molecule has 19 heavy (non-hydrogen) atoms. The first-order valence-corrected chi connectivity index (χ1v) is 6.98. The summed E-state index contributed by atoms with van der Waals surface area (Å²) in [5.41, 5.74) is 5.07. The third-order valence-corrected chi connectivity index (χ3v) is 3.37. The van der Waals surface area contributed by atoms with Crippen molar-refractivity contribution in [2.75, 3.05) is 6.54 Å². The van der Waals surface area contributed by atoms with E-state index in [1.54, 1.807) is 0 Å². The number of benzene rings is 1. The van der Waals surface area contributed by atoms with Gasteiger partial charge in [-0.05, 0) is 25.5 Å². The smallest absolute Gasteiger partial charge is 0.0673 e. The van der Waals surface area contributed by atoms with Gasteiger partial charge in [0.1, 0.15) is 0 Å². The van der Waals surface area contributed by atoms with E-state index in [0.29, 0.717) is 0 Å². The zero-order chi connectivity index (χ0) is 13.8. The Morgan fingerprint density at radius 1 is 1.32 bits per heavy atom. The lowest BCUT2D eigenvalue weighted by atomic mass is 9.97. The molecular formula is C16H23N3. The van der Waals surface area contributed by atoms with E-state index >= 15 is 0 Å². The maximum atomic E-state index is 4.56. The highest BCUT2D eigenvalue weighted by atomic mass is 15.3. The predicted molar refractivity (Wildman–Crippen MR) is 79.3 cm³/mol. The molecule has 1 atom stereocenters. The van der Waals surface area contributed by atoms with Crippen molar-refractivity contribution < 1.29 is 0 Å². The maximum Gasteiger partial charge on any atom is 0.0673 e. The van der Waals surface area contributed by atoms with Crippen molar-refractivity contribution in [3.05, 3.63) is 52.8 Å². The summed E-state index contributed by atoms with van der Waals surface area (Å²) in [4.78, 5) is 0. The Morgan fingerprint density at radius 2 is 2.11 bits per heavy atom. The molecule has 102 valence electrons. The zero-order valence-electron chi connectivity index (χ0n) is 12.3. The summed E-state index contributed by atoms with van der Waals surface area (Å²) in [7, 11) is 1.99. The molecule has 1 heterocycles. The number of aryl methyl sites for hydroxylation is 3. The van der Waals surface area contributed by atoms with Crippen LogP contribution in [0.25, 0.3) is 0 Å². The van der Waals surface area contributed by atoms with Crippen molar-refractivity contribution in [2.24, 2.45) is 7.05 Å². The second-order valence-electron chi connectivity index (χ2n) is 4.96. The Balaban J connectivity index is 2.44. The molecule has 0 radical (unpaired) electrons. The Hall–Kier alpha value is -1.61. The quantitative estimate of drug-likeness (QED) is 0.892. The molecule has 3 nitrogen and oxygen atoms in total. The highest BCUT2D eigenvalue weighted by Gasteiger charge is 2.18. The molecule has 2 rings (SSSR count). The molecule has 0 amide bonds. The normalized spacial score (nSPS) is 12.6. The molecule has 0 aliphatic heterocycles. The molecule has 3 heteroatoms. The summed E-state index contributed by atoms with van der Waals surface area (Å²) in [6, 6.07) is 8.92. The monoisotopic (exact) mass is 257 g/mol. The van der Waals surface area contributed by atoms with Gasteiger partial charge in [-0.3, -0.25) is 4.68 Å². The summed E-state index contributed by atoms with van der Waals surface area (Å²) >= 11 is 0. The molecule has 0 spiro atoms. The van der Waals surface area contributed by atoms with Gasteiger partial charge < -0.3 is 5.32 Å². The fourth-order valence-electron chi connectivity index (χ4n) is 2.53. The van der Waals surface area contributed by atoms with Crippen molar-refractivity contribution >= 4 is 0 Å². The standard InChI is InChI=1S/C16H23N3/c1-5-15-14(11-19(4)18-15)16(17-6-2)13-9-7-8-12(3)10-13/h7-11,16-17H,5-6H2,1-4H3. The largest absolute Gasteiger partial charge is 0.306 e. The Labute approximate surface area is 115 Å². The number of aromatic nitrogens is 2. The van der Waals surface area contributed by atoms with Crippen molar-refractivity contribution in [2.45, 2.75) is 33.2 Å². The minimum Gasteiger partial charge on any atom is -0.306 e. The topological polar surface area (TPSA) is 29.9 Å². The van der Waals surface area contributed by atoms with Crippen LogP contribution >= 0.6 is 0 Å². The molecule has 1 N–H and O–H groups in total. The van der Waals surface area contributed by atoms with E-state index in [-0.39, 0.29) is 6.04 Å². The Bertz CT molecular complexity index is 543. The SMILES string of the molecule is CCNC(c1cccc(C)c1)c1cn(C)nc1CC. The van der Waals surface area contributed by atoms with Crippen LogP contribution in [0.3, 0.4) is 0 Å². The van der Waals surface area contributed by atoms with Crippen LogP contribution in [0.4, 0.5) is 0 Å². The second-order valence-corrected chi connectivity index (χ2v) is 4.96. The van der Waals surface area contributed by atoms with E-state index < -0.39 is 0 Å². The van der Waals surface area contributed by atoms with Gasteiger partial charge in [0.05, 0.1) is 11.7 Å². The van der Waals surface area contributed by atoms with E-state index in [2.05, 4.69) is 61.6 Å². The van der Waals surface area contributed by atoms with Crippen LogP contribution in [0, 0.1) is 6.92 Å². The van der Waals surface area contributed by atoms with Crippen LogP contribution in [0.2, 0.25) is 0 Å². The van der Waals surface area contributed by atoms with Gasteiger partial charge in [-0.1, -0.05) is 43.7 Å². The van der Waals surface area contributed by atoms with E-state index in [0.717, 1.165) is 13.0 Å². The van der Waals surface area contributed by atoms with Gasteiger partial charge >= 0.3 is 0 Å². The molecule has 1 aromatic carbocycles. The average Bonchev–Trinajstić information content (AvgIpc) is 2.77. The third kappa shape index (κ3) is 3.04. The first-order chi connectivity index (χ1) is 9.15. The Morgan fingerprint density at radius 3 is 2.74 bits per heavy atom. The van der Waals surface area contributed by atoms with Gasteiger partial charge in [0.25, 0.3) is 0 Å². The molecule has 0 aliphatic rings. The number of nitrogens with zero attached hydrogens (tertiary/aromatic N) is 2. The van der Waals surface area contributed by atoms with Crippen molar-refractivity contribution in [1.29, 1.82) is 0 Å². The lowest BCUT2D eigenvalue weighted by molar-refractivity contribution is 0.625. The molecular weight excluding hydrogens is 234 g/mol. The van der Waals surface area contributed by atoms with Crippen molar-refractivity contribution in [3.8, 4) is 0 Å². The van der Waals surface area contributed by atoms with E-state index in [4.69, 9.17) is 0 Å². The average molecular weight is 257 g/mol. The second kappa shape index (κ2) is 6.02. The highest BCUT2D eigenvalue weighted by Crippen LogP contribution is 2.25. The van der Waals surface area contributed by atoms with E-state index in [9.17, 15) is 0 Å². The van der Waals surface area contributed by atoms with Crippen LogP contribution < -0.4 is 5.32 Å². The zero-order valence-corrected chi connectivity index (χ0v) is 12.3. The van der Waals surface area contributed by atoms with Gasteiger partial charge in [-0.15, -0.1) is 0 Å². The molecule has 0 saturated heterocycles. The fraction of sp³-hybridized carbons (Fsp3) is 0.438.